The summed E-state index contributed by atoms with van der Waals surface area (Å²) in [6, 6.07) is 0.795. The summed E-state index contributed by atoms with van der Waals surface area (Å²) in [6.07, 6.45) is 9.12. The van der Waals surface area contributed by atoms with Crippen molar-refractivity contribution in [3.05, 3.63) is 0 Å². The lowest BCUT2D eigenvalue weighted by atomic mass is 9.92. The predicted octanol–water partition coefficient (Wildman–Crippen LogP) is 1.78. The van der Waals surface area contributed by atoms with Gasteiger partial charge in [-0.25, -0.2) is 0 Å². The zero-order chi connectivity index (χ0) is 9.10. The van der Waals surface area contributed by atoms with Gasteiger partial charge >= 0.3 is 0 Å². The third-order valence-corrected chi connectivity index (χ3v) is 3.52. The molecule has 1 saturated carbocycles. The number of β-amino-alcohol motifs (C(OH)–C–C–N with tert-alkyl or cyclic N) is 1. The summed E-state index contributed by atoms with van der Waals surface area (Å²) in [6.45, 7) is 2.16. The fraction of sp³-hybridized carbons (Fsp3) is 1.00. The minimum Gasteiger partial charge on any atom is -0.392 e. The van der Waals surface area contributed by atoms with E-state index in [9.17, 15) is 5.11 Å². The van der Waals surface area contributed by atoms with E-state index < -0.39 is 0 Å². The van der Waals surface area contributed by atoms with E-state index in [1.54, 1.807) is 0 Å². The summed E-state index contributed by atoms with van der Waals surface area (Å²) >= 11 is 0. The highest BCUT2D eigenvalue weighted by Crippen LogP contribution is 2.25. The van der Waals surface area contributed by atoms with Crippen LogP contribution in [0, 0.1) is 0 Å². The van der Waals surface area contributed by atoms with Gasteiger partial charge in [0.25, 0.3) is 0 Å². The van der Waals surface area contributed by atoms with E-state index in [-0.39, 0.29) is 6.10 Å². The van der Waals surface area contributed by atoms with Crippen LogP contribution in [0.1, 0.15) is 44.9 Å². The van der Waals surface area contributed by atoms with Crippen molar-refractivity contribution in [2.45, 2.75) is 57.1 Å². The molecule has 0 bridgehead atoms. The molecule has 2 rings (SSSR count). The molecule has 2 fully saturated rings. The first kappa shape index (κ1) is 9.47. The van der Waals surface area contributed by atoms with Crippen molar-refractivity contribution in [3.8, 4) is 0 Å². The number of rotatable bonds is 1. The van der Waals surface area contributed by atoms with Gasteiger partial charge in [-0.15, -0.1) is 0 Å². The van der Waals surface area contributed by atoms with Gasteiger partial charge in [0.1, 0.15) is 0 Å². The highest BCUT2D eigenvalue weighted by atomic mass is 16.3. The molecule has 0 radical (unpaired) electrons. The molecule has 1 saturated heterocycles. The number of aliphatic hydroxyl groups is 1. The standard InChI is InChI=1S/C11H21NO/c13-11-7-4-8-12(9-11)10-5-2-1-3-6-10/h10-11,13H,1-9H2. The molecular weight excluding hydrogens is 162 g/mol. The Balaban J connectivity index is 1.83. The number of hydrogen-bond acceptors (Lipinski definition) is 2. The molecule has 0 aromatic rings. The zero-order valence-corrected chi connectivity index (χ0v) is 8.41. The number of nitrogens with zero attached hydrogens (tertiary/aromatic N) is 1. The van der Waals surface area contributed by atoms with Gasteiger partial charge in [-0.3, -0.25) is 4.90 Å². The first-order chi connectivity index (χ1) is 6.36. The summed E-state index contributed by atoms with van der Waals surface area (Å²) in [5.41, 5.74) is 0. The van der Waals surface area contributed by atoms with Crippen molar-refractivity contribution in [3.63, 3.8) is 0 Å². The summed E-state index contributed by atoms with van der Waals surface area (Å²) in [5, 5.41) is 9.57. The maximum absolute atomic E-state index is 9.57. The Labute approximate surface area is 80.9 Å². The molecular formula is C11H21NO. The van der Waals surface area contributed by atoms with E-state index in [1.807, 2.05) is 0 Å². The molecule has 2 heteroatoms. The van der Waals surface area contributed by atoms with E-state index in [0.717, 1.165) is 19.0 Å². The van der Waals surface area contributed by atoms with Crippen LogP contribution in [-0.4, -0.2) is 35.2 Å². The normalized spacial score (nSPS) is 33.5. The van der Waals surface area contributed by atoms with Crippen molar-refractivity contribution in [2.75, 3.05) is 13.1 Å². The smallest absolute Gasteiger partial charge is 0.0667 e. The molecule has 1 aliphatic heterocycles. The lowest BCUT2D eigenvalue weighted by molar-refractivity contribution is 0.0361. The zero-order valence-electron chi connectivity index (χ0n) is 8.41. The SMILES string of the molecule is OC1CCCN(C2CCCCC2)C1. The quantitative estimate of drug-likeness (QED) is 0.670. The number of aliphatic hydroxyl groups excluding tert-OH is 1. The van der Waals surface area contributed by atoms with Crippen LogP contribution in [0.5, 0.6) is 0 Å². The molecule has 0 aromatic carbocycles. The average molecular weight is 183 g/mol. The third kappa shape index (κ3) is 2.44. The molecule has 2 aliphatic rings. The lowest BCUT2D eigenvalue weighted by Crippen LogP contribution is -2.45. The molecule has 0 aromatic heterocycles. The molecule has 2 nitrogen and oxygen atoms in total. The van der Waals surface area contributed by atoms with Crippen molar-refractivity contribution in [1.82, 2.24) is 4.90 Å². The molecule has 0 spiro atoms. The van der Waals surface area contributed by atoms with Gasteiger partial charge in [0.15, 0.2) is 0 Å². The molecule has 1 atom stereocenters. The van der Waals surface area contributed by atoms with Gasteiger partial charge in [-0.2, -0.15) is 0 Å². The van der Waals surface area contributed by atoms with Gasteiger partial charge < -0.3 is 5.11 Å². The second-order valence-electron chi connectivity index (χ2n) is 4.58. The van der Waals surface area contributed by atoms with Crippen LogP contribution >= 0.6 is 0 Å². The Hall–Kier alpha value is -0.0800. The summed E-state index contributed by atoms with van der Waals surface area (Å²) < 4.78 is 0. The molecule has 1 unspecified atom stereocenters. The van der Waals surface area contributed by atoms with Gasteiger partial charge in [0.05, 0.1) is 6.10 Å². The van der Waals surface area contributed by atoms with Crippen LogP contribution < -0.4 is 0 Å². The van der Waals surface area contributed by atoms with E-state index in [4.69, 9.17) is 0 Å². The molecule has 13 heavy (non-hydrogen) atoms. The minimum absolute atomic E-state index is 0.0457. The van der Waals surface area contributed by atoms with Crippen LogP contribution in [0.25, 0.3) is 0 Å². The van der Waals surface area contributed by atoms with Crippen molar-refractivity contribution < 1.29 is 5.11 Å². The largest absolute Gasteiger partial charge is 0.392 e. The maximum Gasteiger partial charge on any atom is 0.0667 e. The Morgan fingerprint density at radius 3 is 2.38 bits per heavy atom. The topological polar surface area (TPSA) is 23.5 Å². The third-order valence-electron chi connectivity index (χ3n) is 3.52. The molecule has 0 amide bonds. The van der Waals surface area contributed by atoms with Gasteiger partial charge in [0.2, 0.25) is 0 Å². The molecule has 1 aliphatic carbocycles. The summed E-state index contributed by atoms with van der Waals surface area (Å²) in [7, 11) is 0. The molecule has 76 valence electrons. The van der Waals surface area contributed by atoms with Gasteiger partial charge in [-0.1, -0.05) is 19.3 Å². The van der Waals surface area contributed by atoms with E-state index >= 15 is 0 Å². The van der Waals surface area contributed by atoms with E-state index in [1.165, 1.54) is 45.1 Å². The summed E-state index contributed by atoms with van der Waals surface area (Å²) in [5.74, 6) is 0. The van der Waals surface area contributed by atoms with Crippen LogP contribution in [0.4, 0.5) is 0 Å². The number of hydrogen-bond donors (Lipinski definition) is 1. The van der Waals surface area contributed by atoms with Gasteiger partial charge in [-0.05, 0) is 32.2 Å². The fourth-order valence-electron chi connectivity index (χ4n) is 2.76. The highest BCUT2D eigenvalue weighted by Gasteiger charge is 2.25. The number of likely N-dealkylation sites (tertiary alicyclic amines) is 1. The second kappa shape index (κ2) is 4.43. The Morgan fingerprint density at radius 1 is 0.923 bits per heavy atom. The molecule has 1 heterocycles. The van der Waals surface area contributed by atoms with Crippen molar-refractivity contribution in [1.29, 1.82) is 0 Å². The lowest BCUT2D eigenvalue weighted by Gasteiger charge is -2.38. The Morgan fingerprint density at radius 2 is 1.69 bits per heavy atom. The van der Waals surface area contributed by atoms with Gasteiger partial charge in [0, 0.05) is 12.6 Å². The highest BCUT2D eigenvalue weighted by molar-refractivity contribution is 4.80. The Kier molecular flexibility index (Phi) is 3.23. The molecule has 1 N–H and O–H groups in total. The average Bonchev–Trinajstić information content (AvgIpc) is 2.19. The second-order valence-corrected chi connectivity index (χ2v) is 4.58. The van der Waals surface area contributed by atoms with Crippen LogP contribution in [-0.2, 0) is 0 Å². The van der Waals surface area contributed by atoms with Crippen LogP contribution in [0.2, 0.25) is 0 Å². The van der Waals surface area contributed by atoms with Crippen LogP contribution in [0.15, 0.2) is 0 Å². The Bertz CT molecular complexity index is 154. The van der Waals surface area contributed by atoms with Crippen LogP contribution in [0.3, 0.4) is 0 Å². The maximum atomic E-state index is 9.57. The van der Waals surface area contributed by atoms with Crippen molar-refractivity contribution >= 4 is 0 Å². The first-order valence-corrected chi connectivity index (χ1v) is 5.78. The summed E-state index contributed by atoms with van der Waals surface area (Å²) in [4.78, 5) is 2.52. The fourth-order valence-corrected chi connectivity index (χ4v) is 2.76. The number of piperidine rings is 1. The minimum atomic E-state index is -0.0457. The van der Waals surface area contributed by atoms with E-state index in [0.29, 0.717) is 0 Å². The monoisotopic (exact) mass is 183 g/mol. The first-order valence-electron chi connectivity index (χ1n) is 5.78. The van der Waals surface area contributed by atoms with E-state index in [2.05, 4.69) is 4.90 Å². The van der Waals surface area contributed by atoms with Crippen molar-refractivity contribution in [2.24, 2.45) is 0 Å². The predicted molar refractivity (Wildman–Crippen MR) is 53.7 cm³/mol.